The van der Waals surface area contributed by atoms with Gasteiger partial charge in [0.2, 0.25) is 0 Å². The number of hydrogen-bond donors (Lipinski definition) is 0. The van der Waals surface area contributed by atoms with Crippen molar-refractivity contribution in [2.24, 2.45) is 5.41 Å². The molecule has 0 fully saturated rings. The molecule has 0 spiro atoms. The van der Waals surface area contributed by atoms with Gasteiger partial charge in [-0.1, -0.05) is 155 Å². The molecule has 340 valence electrons. The molecule has 3 aromatic carbocycles. The predicted octanol–water partition coefficient (Wildman–Crippen LogP) is 16.2. The van der Waals surface area contributed by atoms with Gasteiger partial charge in [0.05, 0.1) is 22.4 Å². The summed E-state index contributed by atoms with van der Waals surface area (Å²) in [7, 11) is 0. The van der Waals surface area contributed by atoms with Gasteiger partial charge in [-0.15, -0.1) is 0 Å². The van der Waals surface area contributed by atoms with Gasteiger partial charge in [-0.2, -0.15) is 0 Å². The third kappa shape index (κ3) is 11.5. The van der Waals surface area contributed by atoms with Crippen LogP contribution in [0.4, 0.5) is 0 Å². The van der Waals surface area contributed by atoms with E-state index < -0.39 is 0 Å². The van der Waals surface area contributed by atoms with Crippen LogP contribution < -0.4 is 0 Å². The van der Waals surface area contributed by atoms with Crippen LogP contribution in [0.3, 0.4) is 0 Å². The number of aromatic nitrogens is 6. The normalized spacial score (nSPS) is 13.9. The topological polar surface area (TPSA) is 53.5 Å². The number of para-hydroxylation sites is 2. The summed E-state index contributed by atoms with van der Waals surface area (Å²) in [6, 6.07) is 26.3. The van der Waals surface area contributed by atoms with Crippen LogP contribution in [0.5, 0.6) is 0 Å². The second-order valence-electron chi connectivity index (χ2n) is 20.3. The number of imidazole rings is 3. The summed E-state index contributed by atoms with van der Waals surface area (Å²) < 4.78 is 6.89. The van der Waals surface area contributed by atoms with Gasteiger partial charge in [0, 0.05) is 40.5 Å². The minimum Gasteiger partial charge on any atom is -0.301 e. The Bertz CT molecular complexity index is 2770. The lowest BCUT2D eigenvalue weighted by atomic mass is 9.87. The Balaban J connectivity index is 0.00000190. The number of hydrogen-bond acceptors (Lipinski definition) is 3. The number of benzene rings is 3. The first-order chi connectivity index (χ1) is 30.5. The number of fused-ring (bicyclic) bond motifs is 1. The lowest BCUT2D eigenvalue weighted by Gasteiger charge is -2.21. The predicted molar refractivity (Wildman–Crippen MR) is 282 cm³/mol. The maximum absolute atomic E-state index is 5.39. The molecule has 6 heteroatoms. The van der Waals surface area contributed by atoms with E-state index in [0.29, 0.717) is 0 Å². The van der Waals surface area contributed by atoms with E-state index in [4.69, 9.17) is 15.0 Å². The Morgan fingerprint density at radius 3 is 1.77 bits per heavy atom. The van der Waals surface area contributed by atoms with Gasteiger partial charge >= 0.3 is 0 Å². The van der Waals surface area contributed by atoms with Gasteiger partial charge < -0.3 is 4.57 Å². The molecule has 0 aliphatic rings. The van der Waals surface area contributed by atoms with E-state index in [1.807, 2.05) is 6.20 Å². The second-order valence-corrected chi connectivity index (χ2v) is 20.3. The molecule has 0 amide bonds. The Morgan fingerprint density at radius 2 is 1.25 bits per heavy atom. The summed E-state index contributed by atoms with van der Waals surface area (Å²) in [4.78, 5) is 15.7. The van der Waals surface area contributed by atoms with Crippen LogP contribution in [0.2, 0.25) is 0 Å². The minimum atomic E-state index is -0.0834. The molecule has 0 N–H and O–H groups in total. The molecular weight excluding hydrogens is 793 g/mol. The molecule has 0 saturated heterocycles. The van der Waals surface area contributed by atoms with Crippen molar-refractivity contribution >= 4 is 34.0 Å². The Morgan fingerprint density at radius 1 is 0.692 bits per heavy atom. The number of nitrogens with zero attached hydrogens (tertiary/aromatic N) is 6. The molecule has 3 heterocycles. The van der Waals surface area contributed by atoms with Crippen LogP contribution in [-0.2, 0) is 10.8 Å². The first kappa shape index (κ1) is 49.7. The molecule has 6 nitrogen and oxygen atoms in total. The average molecular weight is 867 g/mol. The SMILES string of the molecule is C/C=C\c1c(C)nc(C(=C/C(C)c2ncc(C)n2-c2ccc(C(C)(C)C)cc2)/C=C(\C)c2nc3ccccc3n2/C(C)=C/C=C(\C)C(C)(C)C)n1-c1ccc(C(C)(C)C)cc1.C=CC=C. The number of aryl methyl sites for hydroxylation is 2. The first-order valence-electron chi connectivity index (χ1n) is 23.0. The second kappa shape index (κ2) is 20.3. The van der Waals surface area contributed by atoms with E-state index in [1.165, 1.54) is 16.7 Å². The van der Waals surface area contributed by atoms with Crippen molar-refractivity contribution in [3.63, 3.8) is 0 Å². The highest BCUT2D eigenvalue weighted by molar-refractivity contribution is 5.87. The van der Waals surface area contributed by atoms with Crippen molar-refractivity contribution in [2.45, 2.75) is 128 Å². The van der Waals surface area contributed by atoms with E-state index in [-0.39, 0.29) is 22.2 Å². The third-order valence-corrected chi connectivity index (χ3v) is 12.0. The van der Waals surface area contributed by atoms with Crippen molar-refractivity contribution in [3.8, 4) is 11.4 Å². The molecule has 1 unspecified atom stereocenters. The van der Waals surface area contributed by atoms with Gasteiger partial charge in [0.1, 0.15) is 17.5 Å². The molecule has 6 rings (SSSR count). The zero-order valence-corrected chi connectivity index (χ0v) is 42.3. The highest BCUT2D eigenvalue weighted by Crippen LogP contribution is 2.35. The Hall–Kier alpha value is -6.27. The molecule has 65 heavy (non-hydrogen) atoms. The smallest absolute Gasteiger partial charge is 0.145 e. The Labute approximate surface area is 391 Å². The maximum Gasteiger partial charge on any atom is 0.145 e. The third-order valence-electron chi connectivity index (χ3n) is 12.0. The highest BCUT2D eigenvalue weighted by Gasteiger charge is 2.23. The zero-order valence-electron chi connectivity index (χ0n) is 42.3. The van der Waals surface area contributed by atoms with Crippen LogP contribution in [0.1, 0.15) is 149 Å². The summed E-state index contributed by atoms with van der Waals surface area (Å²) in [5.41, 5.74) is 14.5. The maximum atomic E-state index is 5.39. The molecule has 0 aliphatic heterocycles. The van der Waals surface area contributed by atoms with E-state index in [1.54, 1.807) is 12.2 Å². The molecule has 3 aromatic heterocycles. The first-order valence-corrected chi connectivity index (χ1v) is 23.0. The fourth-order valence-corrected chi connectivity index (χ4v) is 7.73. The zero-order chi connectivity index (χ0) is 48.0. The lowest BCUT2D eigenvalue weighted by molar-refractivity contribution is 0.504. The average Bonchev–Trinajstić information content (AvgIpc) is 3.94. The molecule has 0 saturated carbocycles. The summed E-state index contributed by atoms with van der Waals surface area (Å²) in [5.74, 6) is 2.64. The monoisotopic (exact) mass is 867 g/mol. The molecule has 0 aliphatic carbocycles. The van der Waals surface area contributed by atoms with Crippen molar-refractivity contribution in [1.29, 1.82) is 0 Å². The van der Waals surface area contributed by atoms with Crippen molar-refractivity contribution in [2.75, 3.05) is 0 Å². The van der Waals surface area contributed by atoms with Crippen LogP contribution >= 0.6 is 0 Å². The molecule has 0 radical (unpaired) electrons. The van der Waals surface area contributed by atoms with Crippen LogP contribution in [0.25, 0.3) is 45.3 Å². The van der Waals surface area contributed by atoms with Gasteiger partial charge in [0.25, 0.3) is 0 Å². The van der Waals surface area contributed by atoms with Crippen LogP contribution in [0.15, 0.2) is 140 Å². The number of allylic oxidation sites excluding steroid dienone is 11. The summed E-state index contributed by atoms with van der Waals surface area (Å²) in [6.07, 6.45) is 18.6. The molecule has 1 atom stereocenters. The molecule has 0 bridgehead atoms. The quantitative estimate of drug-likeness (QED) is 0.122. The van der Waals surface area contributed by atoms with E-state index >= 15 is 0 Å². The van der Waals surface area contributed by atoms with Crippen LogP contribution in [0, 0.1) is 19.3 Å². The van der Waals surface area contributed by atoms with Gasteiger partial charge in [-0.25, -0.2) is 15.0 Å². The largest absolute Gasteiger partial charge is 0.301 e. The van der Waals surface area contributed by atoms with Crippen LogP contribution in [-0.4, -0.2) is 28.7 Å². The fraction of sp³-hybridized carbons (Fsp3) is 0.339. The molecule has 6 aromatic rings. The van der Waals surface area contributed by atoms with Gasteiger partial charge in [-0.3, -0.25) is 9.13 Å². The van der Waals surface area contributed by atoms with E-state index in [2.05, 4.69) is 247 Å². The van der Waals surface area contributed by atoms with Crippen molar-refractivity contribution < 1.29 is 0 Å². The Kier molecular flexibility index (Phi) is 15.5. The van der Waals surface area contributed by atoms with Crippen molar-refractivity contribution in [3.05, 3.63) is 186 Å². The standard InChI is InChI=1S/C55H68N6.C4H6/c1-17-20-48-41(7)57-52(61(48)46-31-27-44(28-32-46)55(14,15)16)42(33-36(2)50-56-35-40(6)59(50)45-29-25-43(26-30-45)54(11,12)13)34-37(3)51-58-47-21-18-19-22-49(47)60(51)39(5)24-23-38(4)53(8,9)10;1-3-4-2/h17-36H,1-16H3;3-4H,1-2H2/b20-17-,37-34+,38-23+,39-24+,42-33+;. The fourth-order valence-electron chi connectivity index (χ4n) is 7.73. The van der Waals surface area contributed by atoms with Crippen molar-refractivity contribution in [1.82, 2.24) is 28.7 Å². The van der Waals surface area contributed by atoms with E-state index in [0.717, 1.165) is 73.8 Å². The highest BCUT2D eigenvalue weighted by atomic mass is 15.1. The van der Waals surface area contributed by atoms with Gasteiger partial charge in [-0.05, 0) is 129 Å². The van der Waals surface area contributed by atoms with Gasteiger partial charge in [0.15, 0.2) is 0 Å². The minimum absolute atomic E-state index is 0.0328. The molecular formula is C59H74N6. The summed E-state index contributed by atoms with van der Waals surface area (Å²) >= 11 is 0. The lowest BCUT2D eigenvalue weighted by Crippen LogP contribution is -2.12. The summed E-state index contributed by atoms with van der Waals surface area (Å²) in [6.45, 7) is 42.1. The van der Waals surface area contributed by atoms with E-state index in [9.17, 15) is 0 Å². The summed E-state index contributed by atoms with van der Waals surface area (Å²) in [5, 5.41) is 0. The number of rotatable bonds is 11.